The summed E-state index contributed by atoms with van der Waals surface area (Å²) >= 11 is 1.36. The van der Waals surface area contributed by atoms with E-state index < -0.39 is 5.97 Å². The number of aromatic nitrogens is 1. The highest BCUT2D eigenvalue weighted by Gasteiger charge is 2.20. The summed E-state index contributed by atoms with van der Waals surface area (Å²) in [7, 11) is 0. The quantitative estimate of drug-likeness (QED) is 0.777. The van der Waals surface area contributed by atoms with Gasteiger partial charge in [-0.3, -0.25) is 9.59 Å². The Morgan fingerprint density at radius 3 is 2.52 bits per heavy atom. The zero-order valence-corrected chi connectivity index (χ0v) is 15.4. The molecule has 0 bridgehead atoms. The fourth-order valence-corrected chi connectivity index (χ4v) is 3.10. The zero-order valence-electron chi connectivity index (χ0n) is 14.6. The topological polar surface area (TPSA) is 79.7 Å². The second kappa shape index (κ2) is 8.62. The van der Waals surface area contributed by atoms with Gasteiger partial charge >= 0.3 is 5.97 Å². The summed E-state index contributed by atoms with van der Waals surface area (Å²) in [6, 6.07) is 7.52. The maximum absolute atomic E-state index is 12.5. The number of hydrogen-bond donors (Lipinski definition) is 1. The summed E-state index contributed by atoms with van der Waals surface area (Å²) in [6.45, 7) is 5.90. The van der Waals surface area contributed by atoms with Gasteiger partial charge in [0.1, 0.15) is 23.0 Å². The molecule has 0 saturated heterocycles. The lowest BCUT2D eigenvalue weighted by atomic mass is 10.2. The van der Waals surface area contributed by atoms with Crippen molar-refractivity contribution in [3.8, 4) is 16.3 Å². The molecule has 0 unspecified atom stereocenters. The van der Waals surface area contributed by atoms with E-state index in [1.54, 1.807) is 5.38 Å². The van der Waals surface area contributed by atoms with Crippen LogP contribution in [0.2, 0.25) is 0 Å². The Kier molecular flexibility index (Phi) is 6.52. The molecule has 1 aromatic carbocycles. The average Bonchev–Trinajstić information content (AvgIpc) is 3.03. The smallest absolute Gasteiger partial charge is 0.323 e. The predicted molar refractivity (Wildman–Crippen MR) is 97.1 cm³/mol. The van der Waals surface area contributed by atoms with Gasteiger partial charge in [-0.1, -0.05) is 6.92 Å². The number of carbonyl (C=O) groups excluding carboxylic acids is 1. The molecule has 0 fully saturated rings. The van der Waals surface area contributed by atoms with E-state index in [-0.39, 0.29) is 24.2 Å². The maximum Gasteiger partial charge on any atom is 0.323 e. The van der Waals surface area contributed by atoms with Crippen molar-refractivity contribution in [2.24, 2.45) is 0 Å². The number of carbonyl (C=O) groups is 2. The van der Waals surface area contributed by atoms with Crippen LogP contribution in [-0.2, 0) is 4.79 Å². The molecule has 1 heterocycles. The molecule has 1 N–H and O–H groups in total. The first kappa shape index (κ1) is 18.9. The van der Waals surface area contributed by atoms with Crippen molar-refractivity contribution >= 4 is 23.2 Å². The molecule has 134 valence electrons. The van der Waals surface area contributed by atoms with Crippen LogP contribution in [-0.4, -0.2) is 46.1 Å². The summed E-state index contributed by atoms with van der Waals surface area (Å²) in [5.74, 6) is -0.605. The predicted octanol–water partition coefficient (Wildman–Crippen LogP) is 3.53. The Balaban J connectivity index is 2.15. The van der Waals surface area contributed by atoms with Gasteiger partial charge in [-0.25, -0.2) is 4.98 Å². The molecule has 7 heteroatoms. The maximum atomic E-state index is 12.5. The third kappa shape index (κ3) is 5.29. The molecule has 0 aliphatic rings. The second-order valence-corrected chi connectivity index (χ2v) is 6.71. The number of carboxylic acids is 1. The van der Waals surface area contributed by atoms with Crippen LogP contribution in [0.3, 0.4) is 0 Å². The molecule has 0 aliphatic heterocycles. The summed E-state index contributed by atoms with van der Waals surface area (Å²) in [6.07, 6.45) is 0.793. The Labute approximate surface area is 151 Å². The van der Waals surface area contributed by atoms with Gasteiger partial charge in [0.15, 0.2) is 0 Å². The number of benzene rings is 1. The molecule has 0 aliphatic carbocycles. The molecule has 0 saturated carbocycles. The van der Waals surface area contributed by atoms with Gasteiger partial charge in [0.05, 0.1) is 6.10 Å². The van der Waals surface area contributed by atoms with Crippen LogP contribution in [0.4, 0.5) is 0 Å². The third-order valence-electron chi connectivity index (χ3n) is 3.30. The number of thiazole rings is 1. The van der Waals surface area contributed by atoms with Gasteiger partial charge in [0.25, 0.3) is 5.91 Å². The fourth-order valence-electron chi connectivity index (χ4n) is 2.30. The molecule has 0 atom stereocenters. The van der Waals surface area contributed by atoms with Gasteiger partial charge < -0.3 is 14.7 Å². The first-order valence-electron chi connectivity index (χ1n) is 8.14. The molecule has 0 radical (unpaired) electrons. The van der Waals surface area contributed by atoms with Crippen molar-refractivity contribution in [1.82, 2.24) is 9.88 Å². The van der Waals surface area contributed by atoms with Gasteiger partial charge in [-0.15, -0.1) is 11.3 Å². The molecule has 0 spiro atoms. The number of amides is 1. The van der Waals surface area contributed by atoms with Crippen LogP contribution in [0, 0.1) is 0 Å². The van der Waals surface area contributed by atoms with Crippen LogP contribution >= 0.6 is 11.3 Å². The van der Waals surface area contributed by atoms with Gasteiger partial charge in [-0.05, 0) is 44.5 Å². The molecule has 2 aromatic rings. The second-order valence-electron chi connectivity index (χ2n) is 5.85. The van der Waals surface area contributed by atoms with Crippen LogP contribution in [0.15, 0.2) is 29.6 Å². The number of nitrogens with zero attached hydrogens (tertiary/aromatic N) is 2. The van der Waals surface area contributed by atoms with Crippen molar-refractivity contribution in [3.63, 3.8) is 0 Å². The van der Waals surface area contributed by atoms with E-state index in [1.165, 1.54) is 16.2 Å². The Hall–Kier alpha value is -2.41. The lowest BCUT2D eigenvalue weighted by Crippen LogP contribution is -2.36. The standard InChI is InChI=1S/C18H22N2O4S/c1-4-9-20(10-16(21)22)18(23)15-11-25-17(19-15)13-5-7-14(8-6-13)24-12(2)3/h5-8,11-12H,4,9-10H2,1-3H3,(H,21,22). The summed E-state index contributed by atoms with van der Waals surface area (Å²) in [5, 5.41) is 11.3. The van der Waals surface area contributed by atoms with Gasteiger partial charge in [-0.2, -0.15) is 0 Å². The minimum absolute atomic E-state index is 0.105. The van der Waals surface area contributed by atoms with E-state index in [2.05, 4.69) is 4.98 Å². The minimum Gasteiger partial charge on any atom is -0.491 e. The zero-order chi connectivity index (χ0) is 18.4. The molecule has 1 aromatic heterocycles. The van der Waals surface area contributed by atoms with Crippen LogP contribution in [0.25, 0.3) is 10.6 Å². The van der Waals surface area contributed by atoms with Crippen LogP contribution < -0.4 is 4.74 Å². The van der Waals surface area contributed by atoms with E-state index in [9.17, 15) is 9.59 Å². The fraction of sp³-hybridized carbons (Fsp3) is 0.389. The highest BCUT2D eigenvalue weighted by Crippen LogP contribution is 2.26. The SMILES string of the molecule is CCCN(CC(=O)O)C(=O)c1csc(-c2ccc(OC(C)C)cc2)n1. The monoisotopic (exact) mass is 362 g/mol. The van der Waals surface area contributed by atoms with Crippen molar-refractivity contribution in [2.45, 2.75) is 33.3 Å². The van der Waals surface area contributed by atoms with Crippen molar-refractivity contribution in [1.29, 1.82) is 0 Å². The van der Waals surface area contributed by atoms with E-state index in [1.807, 2.05) is 45.0 Å². The van der Waals surface area contributed by atoms with Gasteiger partial charge in [0, 0.05) is 17.5 Å². The highest BCUT2D eigenvalue weighted by molar-refractivity contribution is 7.13. The number of aliphatic carboxylic acids is 1. The molecule has 6 nitrogen and oxygen atoms in total. The Morgan fingerprint density at radius 2 is 1.96 bits per heavy atom. The van der Waals surface area contributed by atoms with Crippen molar-refractivity contribution in [2.75, 3.05) is 13.1 Å². The Morgan fingerprint density at radius 1 is 1.28 bits per heavy atom. The van der Waals surface area contributed by atoms with E-state index >= 15 is 0 Å². The van der Waals surface area contributed by atoms with Gasteiger partial charge in [0.2, 0.25) is 0 Å². The van der Waals surface area contributed by atoms with Crippen LogP contribution in [0.1, 0.15) is 37.7 Å². The Bertz CT molecular complexity index is 725. The lowest BCUT2D eigenvalue weighted by molar-refractivity contribution is -0.137. The normalized spacial score (nSPS) is 10.7. The highest BCUT2D eigenvalue weighted by atomic mass is 32.1. The minimum atomic E-state index is -1.03. The summed E-state index contributed by atoms with van der Waals surface area (Å²) < 4.78 is 5.61. The largest absolute Gasteiger partial charge is 0.491 e. The summed E-state index contributed by atoms with van der Waals surface area (Å²) in [4.78, 5) is 29.1. The van der Waals surface area contributed by atoms with Crippen molar-refractivity contribution in [3.05, 3.63) is 35.3 Å². The third-order valence-corrected chi connectivity index (χ3v) is 4.19. The molecule has 1 amide bonds. The molecule has 2 rings (SSSR count). The van der Waals surface area contributed by atoms with E-state index in [0.717, 1.165) is 11.3 Å². The number of hydrogen-bond acceptors (Lipinski definition) is 5. The first-order chi connectivity index (χ1) is 11.9. The van der Waals surface area contributed by atoms with Crippen molar-refractivity contribution < 1.29 is 19.4 Å². The molecular formula is C18H22N2O4S. The molecular weight excluding hydrogens is 340 g/mol. The summed E-state index contributed by atoms with van der Waals surface area (Å²) in [5.41, 5.74) is 1.16. The van der Waals surface area contributed by atoms with Crippen LogP contribution in [0.5, 0.6) is 5.75 Å². The van der Waals surface area contributed by atoms with E-state index in [0.29, 0.717) is 18.0 Å². The number of ether oxygens (including phenoxy) is 1. The molecule has 25 heavy (non-hydrogen) atoms. The number of rotatable bonds is 8. The van der Waals surface area contributed by atoms with E-state index in [4.69, 9.17) is 9.84 Å². The average molecular weight is 362 g/mol. The number of carboxylic acid groups (broad SMARTS) is 1. The lowest BCUT2D eigenvalue weighted by Gasteiger charge is -2.18. The first-order valence-corrected chi connectivity index (χ1v) is 9.02.